The van der Waals surface area contributed by atoms with Crippen LogP contribution in [0.3, 0.4) is 0 Å². The van der Waals surface area contributed by atoms with Crippen molar-refractivity contribution in [1.82, 2.24) is 9.88 Å². The first-order chi connectivity index (χ1) is 15.0. The molecule has 31 heavy (non-hydrogen) atoms. The van der Waals surface area contributed by atoms with Gasteiger partial charge < -0.3 is 16.2 Å². The van der Waals surface area contributed by atoms with E-state index in [1.54, 1.807) is 54.9 Å². The van der Waals surface area contributed by atoms with Gasteiger partial charge >= 0.3 is 0 Å². The Labute approximate surface area is 181 Å². The molecule has 0 bridgehead atoms. The third kappa shape index (κ3) is 4.90. The van der Waals surface area contributed by atoms with Crippen LogP contribution >= 0.6 is 0 Å². The van der Waals surface area contributed by atoms with Crippen molar-refractivity contribution < 1.29 is 9.50 Å². The van der Waals surface area contributed by atoms with Crippen molar-refractivity contribution in [2.24, 2.45) is 5.92 Å². The van der Waals surface area contributed by atoms with Gasteiger partial charge in [-0.2, -0.15) is 0 Å². The molecular weight excluding hydrogens is 393 g/mol. The number of aliphatic hydroxyl groups is 1. The Balaban J connectivity index is 1.40. The number of nitrogens with one attached hydrogen (secondary N) is 2. The second kappa shape index (κ2) is 9.24. The van der Waals surface area contributed by atoms with E-state index >= 15 is 0 Å². The number of halogens is 1. The zero-order valence-corrected chi connectivity index (χ0v) is 17.1. The molecule has 6 nitrogen and oxygen atoms in total. The highest BCUT2D eigenvalue weighted by Gasteiger charge is 2.29. The molecule has 2 atom stereocenters. The van der Waals surface area contributed by atoms with Crippen molar-refractivity contribution in [2.45, 2.75) is 19.2 Å². The van der Waals surface area contributed by atoms with Crippen molar-refractivity contribution in [3.8, 4) is 0 Å². The Hall–Kier alpha value is -3.29. The number of aliphatic hydroxyl groups excluding tert-OH is 1. The van der Waals surface area contributed by atoms with Crippen molar-refractivity contribution in [3.63, 3.8) is 0 Å². The fourth-order valence-electron chi connectivity index (χ4n) is 3.96. The standard InChI is InChI=1S/C24H26FN5O/c25-21-4-2-1-3-17(21)14-30-12-9-18(15-30)24(31)29-19-5-6-22(26)20(13-19)23(27)16-7-10-28-11-8-16/h1-8,10-11,13,18,24,27,29,31H,9,12,14-15,26H2. The fraction of sp³-hybridized carbons (Fsp3) is 0.250. The van der Waals surface area contributed by atoms with Crippen molar-refractivity contribution in [2.75, 3.05) is 24.1 Å². The van der Waals surface area contributed by atoms with Crippen molar-refractivity contribution >= 4 is 17.1 Å². The van der Waals surface area contributed by atoms with Crippen LogP contribution in [-0.4, -0.2) is 40.0 Å². The Bertz CT molecular complexity index is 1060. The molecule has 0 radical (unpaired) electrons. The van der Waals surface area contributed by atoms with E-state index in [0.717, 1.165) is 18.5 Å². The van der Waals surface area contributed by atoms with Crippen molar-refractivity contribution in [1.29, 1.82) is 5.41 Å². The Morgan fingerprint density at radius 3 is 2.77 bits per heavy atom. The summed E-state index contributed by atoms with van der Waals surface area (Å²) in [5.74, 6) is -0.178. The van der Waals surface area contributed by atoms with Gasteiger partial charge in [0.05, 0.1) is 5.71 Å². The summed E-state index contributed by atoms with van der Waals surface area (Å²) in [4.78, 5) is 6.14. The SMILES string of the molecule is N=C(c1ccncc1)c1cc(NC(O)C2CCN(Cc3ccccc3F)C2)ccc1N. The summed E-state index contributed by atoms with van der Waals surface area (Å²) in [5.41, 5.74) is 9.58. The van der Waals surface area contributed by atoms with Gasteiger partial charge in [0.2, 0.25) is 0 Å². The minimum Gasteiger partial charge on any atom is -0.398 e. The molecule has 1 saturated heterocycles. The van der Waals surface area contributed by atoms with Gasteiger partial charge in [-0.3, -0.25) is 15.3 Å². The topological polar surface area (TPSA) is 98.3 Å². The van der Waals surface area contributed by atoms with Crippen LogP contribution in [0, 0.1) is 17.1 Å². The van der Waals surface area contributed by atoms with Crippen LogP contribution in [0.1, 0.15) is 23.1 Å². The summed E-state index contributed by atoms with van der Waals surface area (Å²) in [7, 11) is 0. The third-order valence-corrected chi connectivity index (χ3v) is 5.71. The molecule has 4 rings (SSSR count). The molecule has 1 aliphatic rings. The first-order valence-corrected chi connectivity index (χ1v) is 10.3. The quantitative estimate of drug-likeness (QED) is 0.267. The van der Waals surface area contributed by atoms with Gasteiger partial charge in [-0.05, 0) is 49.4 Å². The minimum atomic E-state index is -0.753. The summed E-state index contributed by atoms with van der Waals surface area (Å²) >= 11 is 0. The van der Waals surface area contributed by atoms with Gasteiger partial charge in [0.25, 0.3) is 0 Å². The van der Waals surface area contributed by atoms with Crippen LogP contribution in [0.2, 0.25) is 0 Å². The number of hydrogen-bond acceptors (Lipinski definition) is 6. The van der Waals surface area contributed by atoms with E-state index in [4.69, 9.17) is 11.1 Å². The molecule has 7 heteroatoms. The number of aromatic nitrogens is 1. The highest BCUT2D eigenvalue weighted by Crippen LogP contribution is 2.26. The number of benzene rings is 2. The average molecular weight is 420 g/mol. The van der Waals surface area contributed by atoms with Crippen LogP contribution in [-0.2, 0) is 6.54 Å². The minimum absolute atomic E-state index is 0.0208. The summed E-state index contributed by atoms with van der Waals surface area (Å²) in [5, 5.41) is 22.4. The molecule has 0 amide bonds. The van der Waals surface area contributed by atoms with Crippen LogP contribution in [0.5, 0.6) is 0 Å². The predicted molar refractivity (Wildman–Crippen MR) is 120 cm³/mol. The molecule has 1 aliphatic heterocycles. The van der Waals surface area contributed by atoms with Gasteiger partial charge in [-0.25, -0.2) is 4.39 Å². The number of nitrogen functional groups attached to an aromatic ring is 1. The maximum absolute atomic E-state index is 13.9. The third-order valence-electron chi connectivity index (χ3n) is 5.71. The molecule has 3 aromatic rings. The van der Waals surface area contributed by atoms with Gasteiger partial charge in [0, 0.05) is 59.5 Å². The lowest BCUT2D eigenvalue weighted by molar-refractivity contribution is 0.135. The van der Waals surface area contributed by atoms with Crippen LogP contribution in [0.25, 0.3) is 0 Å². The summed E-state index contributed by atoms with van der Waals surface area (Å²) in [6.07, 6.45) is 3.34. The van der Waals surface area contributed by atoms with Gasteiger partial charge in [-0.15, -0.1) is 0 Å². The van der Waals surface area contributed by atoms with Gasteiger partial charge in [0.1, 0.15) is 12.0 Å². The van der Waals surface area contributed by atoms with Crippen LogP contribution in [0.4, 0.5) is 15.8 Å². The molecule has 1 fully saturated rings. The fourth-order valence-corrected chi connectivity index (χ4v) is 3.96. The largest absolute Gasteiger partial charge is 0.398 e. The molecule has 5 N–H and O–H groups in total. The molecule has 2 heterocycles. The molecule has 0 saturated carbocycles. The smallest absolute Gasteiger partial charge is 0.128 e. The Morgan fingerprint density at radius 1 is 1.23 bits per heavy atom. The zero-order chi connectivity index (χ0) is 21.8. The monoisotopic (exact) mass is 419 g/mol. The number of anilines is 2. The van der Waals surface area contributed by atoms with E-state index in [1.165, 1.54) is 6.07 Å². The number of pyridine rings is 1. The normalized spacial score (nSPS) is 17.4. The van der Waals surface area contributed by atoms with Crippen LogP contribution < -0.4 is 11.1 Å². The molecule has 2 unspecified atom stereocenters. The average Bonchev–Trinajstić information content (AvgIpc) is 3.25. The molecular formula is C24H26FN5O. The van der Waals surface area contributed by atoms with E-state index in [9.17, 15) is 9.50 Å². The van der Waals surface area contributed by atoms with E-state index < -0.39 is 6.23 Å². The molecule has 160 valence electrons. The molecule has 1 aromatic heterocycles. The molecule has 0 spiro atoms. The van der Waals surface area contributed by atoms with E-state index in [0.29, 0.717) is 41.3 Å². The van der Waals surface area contributed by atoms with E-state index in [-0.39, 0.29) is 11.7 Å². The number of nitrogens with two attached hydrogens (primary N) is 1. The second-order valence-corrected chi connectivity index (χ2v) is 7.88. The predicted octanol–water partition coefficient (Wildman–Crippen LogP) is 3.47. The molecule has 0 aliphatic carbocycles. The first-order valence-electron chi connectivity index (χ1n) is 10.3. The summed E-state index contributed by atoms with van der Waals surface area (Å²) in [6, 6.07) is 15.6. The highest BCUT2D eigenvalue weighted by atomic mass is 19.1. The van der Waals surface area contributed by atoms with Crippen LogP contribution in [0.15, 0.2) is 67.0 Å². The lowest BCUT2D eigenvalue weighted by atomic mass is 10.0. The number of likely N-dealkylation sites (tertiary alicyclic amines) is 1. The lowest BCUT2D eigenvalue weighted by Gasteiger charge is -2.22. The summed E-state index contributed by atoms with van der Waals surface area (Å²) < 4.78 is 13.9. The summed E-state index contributed by atoms with van der Waals surface area (Å²) in [6.45, 7) is 2.01. The highest BCUT2D eigenvalue weighted by molar-refractivity contribution is 6.14. The number of rotatable bonds is 7. The molecule has 2 aromatic carbocycles. The van der Waals surface area contributed by atoms with Gasteiger partial charge in [0.15, 0.2) is 0 Å². The number of nitrogens with zero attached hydrogens (tertiary/aromatic N) is 2. The lowest BCUT2D eigenvalue weighted by Crippen LogP contribution is -2.31. The van der Waals surface area contributed by atoms with Gasteiger partial charge in [-0.1, -0.05) is 18.2 Å². The maximum atomic E-state index is 13.9. The Kier molecular flexibility index (Phi) is 6.25. The first kappa shape index (κ1) is 21.0. The number of hydrogen-bond donors (Lipinski definition) is 4. The zero-order valence-electron chi connectivity index (χ0n) is 17.1. The van der Waals surface area contributed by atoms with E-state index in [1.807, 2.05) is 6.07 Å². The van der Waals surface area contributed by atoms with E-state index in [2.05, 4.69) is 15.2 Å². The second-order valence-electron chi connectivity index (χ2n) is 7.88. The maximum Gasteiger partial charge on any atom is 0.128 e. The van der Waals surface area contributed by atoms with Crippen molar-refractivity contribution in [3.05, 3.63) is 89.5 Å². The Morgan fingerprint density at radius 2 is 2.00 bits per heavy atom.